The number of hydrogen-bond acceptors (Lipinski definition) is 2. The van der Waals surface area contributed by atoms with Crippen LogP contribution in [0.15, 0.2) is 18.2 Å². The van der Waals surface area contributed by atoms with E-state index in [0.29, 0.717) is 6.42 Å². The molecule has 108 valence electrons. The van der Waals surface area contributed by atoms with Crippen molar-refractivity contribution < 1.29 is 9.90 Å². The number of anilines is 1. The number of aliphatic hydroxyl groups excluding tert-OH is 1. The molecule has 0 atom stereocenters. The van der Waals surface area contributed by atoms with Crippen LogP contribution in [-0.4, -0.2) is 17.6 Å². The van der Waals surface area contributed by atoms with Crippen molar-refractivity contribution in [3.8, 4) is 11.8 Å². The topological polar surface area (TPSA) is 49.3 Å². The number of carbonyl (C=O) groups is 1. The van der Waals surface area contributed by atoms with Crippen LogP contribution in [0.1, 0.15) is 44.2 Å². The van der Waals surface area contributed by atoms with E-state index < -0.39 is 0 Å². The lowest BCUT2D eigenvalue weighted by Crippen LogP contribution is -2.22. The first kappa shape index (κ1) is 16.3. The maximum atomic E-state index is 12.1. The summed E-state index contributed by atoms with van der Waals surface area (Å²) in [6, 6.07) is 5.73. The van der Waals surface area contributed by atoms with Gasteiger partial charge in [0.1, 0.15) is 0 Å². The van der Waals surface area contributed by atoms with Gasteiger partial charge in [-0.05, 0) is 43.5 Å². The number of carbonyl (C=O) groups excluding carboxylic acids is 1. The van der Waals surface area contributed by atoms with Crippen LogP contribution in [-0.2, 0) is 4.79 Å². The van der Waals surface area contributed by atoms with Crippen molar-refractivity contribution >= 4 is 11.6 Å². The number of aryl methyl sites for hydroxylation is 1. The molecule has 0 saturated carbocycles. The van der Waals surface area contributed by atoms with Crippen LogP contribution in [0.2, 0.25) is 0 Å². The summed E-state index contributed by atoms with van der Waals surface area (Å²) in [7, 11) is 0. The number of amides is 1. The first-order valence-corrected chi connectivity index (χ1v) is 7.13. The van der Waals surface area contributed by atoms with Gasteiger partial charge in [0.25, 0.3) is 0 Å². The molecule has 1 aromatic carbocycles. The maximum absolute atomic E-state index is 12.1. The summed E-state index contributed by atoms with van der Waals surface area (Å²) in [5.41, 5.74) is 2.74. The average Bonchev–Trinajstić information content (AvgIpc) is 2.43. The quantitative estimate of drug-likeness (QED) is 0.810. The summed E-state index contributed by atoms with van der Waals surface area (Å²) in [5.74, 6) is 6.03. The lowest BCUT2D eigenvalue weighted by molar-refractivity contribution is -0.120. The van der Waals surface area contributed by atoms with Gasteiger partial charge in [0.15, 0.2) is 0 Å². The average molecular weight is 273 g/mol. The van der Waals surface area contributed by atoms with Crippen LogP contribution in [0.25, 0.3) is 0 Å². The van der Waals surface area contributed by atoms with Gasteiger partial charge in [0.2, 0.25) is 5.91 Å². The molecule has 1 aromatic rings. The third-order valence-electron chi connectivity index (χ3n) is 3.31. The molecule has 0 unspecified atom stereocenters. The van der Waals surface area contributed by atoms with E-state index >= 15 is 0 Å². The summed E-state index contributed by atoms with van der Waals surface area (Å²) >= 11 is 0. The zero-order valence-corrected chi connectivity index (χ0v) is 12.5. The summed E-state index contributed by atoms with van der Waals surface area (Å²) in [5, 5.41) is 11.7. The second-order valence-corrected chi connectivity index (χ2v) is 4.81. The van der Waals surface area contributed by atoms with Gasteiger partial charge in [-0.25, -0.2) is 0 Å². The zero-order chi connectivity index (χ0) is 15.0. The standard InChI is InChI=1S/C17H23NO2/c1-4-15(5-2)17(20)18-16-10-9-14(12-13(16)3)8-6-7-11-19/h9-10,12,15,19H,4-5,7,11H2,1-3H3,(H,18,20). The van der Waals surface area contributed by atoms with Crippen molar-refractivity contribution in [3.63, 3.8) is 0 Å². The monoisotopic (exact) mass is 273 g/mol. The Morgan fingerprint density at radius 2 is 2.05 bits per heavy atom. The Hall–Kier alpha value is -1.79. The van der Waals surface area contributed by atoms with Crippen LogP contribution in [0.3, 0.4) is 0 Å². The van der Waals surface area contributed by atoms with Gasteiger partial charge >= 0.3 is 0 Å². The smallest absolute Gasteiger partial charge is 0.227 e. The van der Waals surface area contributed by atoms with E-state index in [0.717, 1.165) is 29.7 Å². The van der Waals surface area contributed by atoms with E-state index in [-0.39, 0.29) is 18.4 Å². The largest absolute Gasteiger partial charge is 0.395 e. The number of aliphatic hydroxyl groups is 1. The van der Waals surface area contributed by atoms with E-state index in [2.05, 4.69) is 17.2 Å². The van der Waals surface area contributed by atoms with Crippen LogP contribution >= 0.6 is 0 Å². The molecule has 0 aliphatic rings. The first-order chi connectivity index (χ1) is 9.62. The summed E-state index contributed by atoms with van der Waals surface area (Å²) in [6.45, 7) is 6.09. The van der Waals surface area contributed by atoms with E-state index in [1.807, 2.05) is 39.0 Å². The van der Waals surface area contributed by atoms with Gasteiger partial charge in [-0.1, -0.05) is 25.7 Å². The van der Waals surface area contributed by atoms with Gasteiger partial charge < -0.3 is 10.4 Å². The molecule has 2 N–H and O–H groups in total. The molecule has 0 radical (unpaired) electrons. The molecule has 1 amide bonds. The molecule has 3 heteroatoms. The molecule has 0 spiro atoms. The molecule has 0 aromatic heterocycles. The van der Waals surface area contributed by atoms with Crippen molar-refractivity contribution in [1.82, 2.24) is 0 Å². The molecule has 1 rings (SSSR count). The Bertz CT molecular complexity index is 507. The molecule has 20 heavy (non-hydrogen) atoms. The SMILES string of the molecule is CCC(CC)C(=O)Nc1ccc(C#CCCO)cc1C. The molecule has 0 heterocycles. The summed E-state index contributed by atoms with van der Waals surface area (Å²) < 4.78 is 0. The predicted octanol–water partition coefficient (Wildman–Crippen LogP) is 3.10. The van der Waals surface area contributed by atoms with E-state index in [1.54, 1.807) is 0 Å². The minimum atomic E-state index is 0.0680. The molecule has 0 saturated heterocycles. The second kappa shape index (κ2) is 8.39. The molecule has 0 bridgehead atoms. The van der Waals surface area contributed by atoms with E-state index in [4.69, 9.17) is 5.11 Å². The Morgan fingerprint density at radius 3 is 2.60 bits per heavy atom. The molecule has 0 fully saturated rings. The third-order valence-corrected chi connectivity index (χ3v) is 3.31. The van der Waals surface area contributed by atoms with Crippen molar-refractivity contribution in [2.24, 2.45) is 5.92 Å². The van der Waals surface area contributed by atoms with Crippen LogP contribution in [0, 0.1) is 24.7 Å². The fourth-order valence-electron chi connectivity index (χ4n) is 2.00. The van der Waals surface area contributed by atoms with Crippen LogP contribution in [0.4, 0.5) is 5.69 Å². The van der Waals surface area contributed by atoms with Crippen LogP contribution in [0.5, 0.6) is 0 Å². The van der Waals surface area contributed by atoms with Crippen LogP contribution < -0.4 is 5.32 Å². The number of benzene rings is 1. The molecule has 0 aliphatic carbocycles. The van der Waals surface area contributed by atoms with Crippen molar-refractivity contribution in [3.05, 3.63) is 29.3 Å². The van der Waals surface area contributed by atoms with E-state index in [9.17, 15) is 4.79 Å². The van der Waals surface area contributed by atoms with Crippen molar-refractivity contribution in [2.75, 3.05) is 11.9 Å². The molecule has 0 aliphatic heterocycles. The Labute approximate surface area is 121 Å². The highest BCUT2D eigenvalue weighted by Crippen LogP contribution is 2.18. The summed E-state index contributed by atoms with van der Waals surface area (Å²) in [4.78, 5) is 12.1. The summed E-state index contributed by atoms with van der Waals surface area (Å²) in [6.07, 6.45) is 2.18. The second-order valence-electron chi connectivity index (χ2n) is 4.81. The van der Waals surface area contributed by atoms with Gasteiger partial charge in [-0.2, -0.15) is 0 Å². The lowest BCUT2D eigenvalue weighted by Gasteiger charge is -2.14. The van der Waals surface area contributed by atoms with Gasteiger partial charge in [-0.3, -0.25) is 4.79 Å². The Balaban J connectivity index is 2.79. The highest BCUT2D eigenvalue weighted by Gasteiger charge is 2.14. The molecule has 3 nitrogen and oxygen atoms in total. The van der Waals surface area contributed by atoms with Gasteiger partial charge in [0.05, 0.1) is 6.61 Å². The number of rotatable bonds is 5. The van der Waals surface area contributed by atoms with Crippen molar-refractivity contribution in [1.29, 1.82) is 0 Å². The fourth-order valence-corrected chi connectivity index (χ4v) is 2.00. The van der Waals surface area contributed by atoms with E-state index in [1.165, 1.54) is 0 Å². The predicted molar refractivity (Wildman–Crippen MR) is 82.5 cm³/mol. The zero-order valence-electron chi connectivity index (χ0n) is 12.5. The highest BCUT2D eigenvalue weighted by molar-refractivity contribution is 5.93. The van der Waals surface area contributed by atoms with Gasteiger partial charge in [0, 0.05) is 23.6 Å². The molecular formula is C17H23NO2. The Kier molecular flexibility index (Phi) is 6.83. The fraction of sp³-hybridized carbons (Fsp3) is 0.471. The Morgan fingerprint density at radius 1 is 1.35 bits per heavy atom. The molecular weight excluding hydrogens is 250 g/mol. The lowest BCUT2D eigenvalue weighted by atomic mass is 10.0. The highest BCUT2D eigenvalue weighted by atomic mass is 16.2. The minimum Gasteiger partial charge on any atom is -0.395 e. The minimum absolute atomic E-state index is 0.0680. The maximum Gasteiger partial charge on any atom is 0.227 e. The third kappa shape index (κ3) is 4.71. The normalized spacial score (nSPS) is 10.1. The number of hydrogen-bond donors (Lipinski definition) is 2. The van der Waals surface area contributed by atoms with Crippen molar-refractivity contribution in [2.45, 2.75) is 40.0 Å². The first-order valence-electron chi connectivity index (χ1n) is 7.13. The number of nitrogens with one attached hydrogen (secondary N) is 1. The van der Waals surface area contributed by atoms with Gasteiger partial charge in [-0.15, -0.1) is 0 Å².